The van der Waals surface area contributed by atoms with Gasteiger partial charge in [-0.15, -0.1) is 11.3 Å². The van der Waals surface area contributed by atoms with E-state index in [1.807, 2.05) is 24.3 Å². The van der Waals surface area contributed by atoms with Gasteiger partial charge in [0.05, 0.1) is 5.69 Å². The van der Waals surface area contributed by atoms with E-state index in [0.29, 0.717) is 0 Å². The highest BCUT2D eigenvalue weighted by Crippen LogP contribution is 2.42. The molecule has 0 amide bonds. The fraction of sp³-hybridized carbons (Fsp3) is 0. The van der Waals surface area contributed by atoms with Crippen LogP contribution in [0.5, 0.6) is 0 Å². The Morgan fingerprint density at radius 2 is 1.24 bits per heavy atom. The van der Waals surface area contributed by atoms with E-state index in [4.69, 9.17) is 9.97 Å². The van der Waals surface area contributed by atoms with Crippen molar-refractivity contribution in [3.05, 3.63) is 97.1 Å². The third kappa shape index (κ3) is 2.63. The van der Waals surface area contributed by atoms with E-state index in [1.165, 1.54) is 20.9 Å². The molecule has 4 aromatic carbocycles. The zero-order chi connectivity index (χ0) is 19.2. The van der Waals surface area contributed by atoms with E-state index >= 15 is 0 Å². The maximum Gasteiger partial charge on any atom is 0.161 e. The second kappa shape index (κ2) is 6.50. The molecule has 0 N–H and O–H groups in total. The van der Waals surface area contributed by atoms with Crippen LogP contribution in [-0.2, 0) is 0 Å². The second-order valence-electron chi connectivity index (χ2n) is 7.07. The average Bonchev–Trinajstić information content (AvgIpc) is 3.19. The number of fused-ring (bicyclic) bond motifs is 5. The molecular weight excluding hydrogens is 372 g/mol. The largest absolute Gasteiger partial charge is 0.227 e. The molecule has 0 saturated carbocycles. The van der Waals surface area contributed by atoms with Crippen LogP contribution in [0.15, 0.2) is 97.1 Å². The summed E-state index contributed by atoms with van der Waals surface area (Å²) in [5, 5.41) is 4.89. The molecule has 2 nitrogen and oxygen atoms in total. The van der Waals surface area contributed by atoms with Gasteiger partial charge in [0.15, 0.2) is 5.82 Å². The first-order valence-electron chi connectivity index (χ1n) is 9.61. The minimum atomic E-state index is 0.771. The molecule has 0 fully saturated rings. The molecule has 0 aliphatic rings. The Bertz CT molecular complexity index is 1490. The molecule has 0 spiro atoms. The molecular formula is C26H16N2S. The summed E-state index contributed by atoms with van der Waals surface area (Å²) in [6.45, 7) is 0. The molecule has 3 heteroatoms. The van der Waals surface area contributed by atoms with E-state index in [0.717, 1.165) is 32.9 Å². The van der Waals surface area contributed by atoms with Gasteiger partial charge in [0, 0.05) is 26.6 Å². The predicted molar refractivity (Wildman–Crippen MR) is 123 cm³/mol. The van der Waals surface area contributed by atoms with Gasteiger partial charge in [-0.1, -0.05) is 91.0 Å². The molecule has 0 saturated heterocycles. The normalized spacial score (nSPS) is 11.4. The molecule has 2 heterocycles. The topological polar surface area (TPSA) is 25.8 Å². The zero-order valence-electron chi connectivity index (χ0n) is 15.5. The summed E-state index contributed by atoms with van der Waals surface area (Å²) < 4.78 is 1.25. The van der Waals surface area contributed by atoms with E-state index in [2.05, 4.69) is 72.8 Å². The van der Waals surface area contributed by atoms with Gasteiger partial charge >= 0.3 is 0 Å². The zero-order valence-corrected chi connectivity index (χ0v) is 16.4. The molecule has 6 rings (SSSR count). The minimum Gasteiger partial charge on any atom is -0.227 e. The van der Waals surface area contributed by atoms with Gasteiger partial charge < -0.3 is 0 Å². The van der Waals surface area contributed by atoms with Crippen molar-refractivity contribution < 1.29 is 0 Å². The fourth-order valence-corrected chi connectivity index (χ4v) is 5.05. The maximum atomic E-state index is 5.07. The Hall–Kier alpha value is -3.56. The monoisotopic (exact) mass is 388 g/mol. The third-order valence-corrected chi connectivity index (χ3v) is 6.35. The van der Waals surface area contributed by atoms with Gasteiger partial charge in [0.25, 0.3) is 0 Å². The van der Waals surface area contributed by atoms with Crippen molar-refractivity contribution >= 4 is 42.4 Å². The highest BCUT2D eigenvalue weighted by atomic mass is 32.1. The standard InChI is InChI=1S/C26H16N2S/c1-3-10-18(11-4-1)24-23-22-20-14-8-7-9-17(20)15-16-21(22)29-26(23)28-25(27-24)19-12-5-2-6-13-19/h1-16H. The molecule has 2 aromatic heterocycles. The van der Waals surface area contributed by atoms with E-state index in [9.17, 15) is 0 Å². The summed E-state index contributed by atoms with van der Waals surface area (Å²) in [4.78, 5) is 11.1. The van der Waals surface area contributed by atoms with Crippen LogP contribution in [0.25, 0.3) is 53.7 Å². The number of hydrogen-bond donors (Lipinski definition) is 0. The lowest BCUT2D eigenvalue weighted by molar-refractivity contribution is 1.24. The molecule has 136 valence electrons. The highest BCUT2D eigenvalue weighted by Gasteiger charge is 2.18. The number of benzene rings is 4. The first kappa shape index (κ1) is 16.4. The second-order valence-corrected chi connectivity index (χ2v) is 8.10. The van der Waals surface area contributed by atoms with Crippen LogP contribution in [0.3, 0.4) is 0 Å². The lowest BCUT2D eigenvalue weighted by Crippen LogP contribution is -1.93. The quantitative estimate of drug-likeness (QED) is 0.310. The van der Waals surface area contributed by atoms with Crippen molar-refractivity contribution in [3.63, 3.8) is 0 Å². The maximum absolute atomic E-state index is 5.07. The summed E-state index contributed by atoms with van der Waals surface area (Å²) >= 11 is 1.74. The van der Waals surface area contributed by atoms with Crippen LogP contribution in [0.2, 0.25) is 0 Å². The first-order chi connectivity index (χ1) is 14.4. The number of rotatable bonds is 2. The summed E-state index contributed by atoms with van der Waals surface area (Å²) in [6.07, 6.45) is 0. The Balaban J connectivity index is 1.80. The fourth-order valence-electron chi connectivity index (χ4n) is 3.96. The van der Waals surface area contributed by atoms with E-state index in [1.54, 1.807) is 11.3 Å². The van der Waals surface area contributed by atoms with Crippen LogP contribution in [0, 0.1) is 0 Å². The summed E-state index contributed by atoms with van der Waals surface area (Å²) in [6, 6.07) is 33.6. The lowest BCUT2D eigenvalue weighted by Gasteiger charge is -2.08. The van der Waals surface area contributed by atoms with Crippen molar-refractivity contribution in [1.82, 2.24) is 9.97 Å². The van der Waals surface area contributed by atoms with Crippen molar-refractivity contribution in [2.24, 2.45) is 0 Å². The SMILES string of the molecule is c1ccc(-c2nc(-c3ccccc3)c3c(n2)sc2ccc4ccccc4c23)cc1. The van der Waals surface area contributed by atoms with E-state index in [-0.39, 0.29) is 0 Å². The van der Waals surface area contributed by atoms with Crippen LogP contribution in [0.1, 0.15) is 0 Å². The van der Waals surface area contributed by atoms with Gasteiger partial charge in [-0.3, -0.25) is 0 Å². The number of aromatic nitrogens is 2. The first-order valence-corrected chi connectivity index (χ1v) is 10.4. The average molecular weight is 388 g/mol. The van der Waals surface area contributed by atoms with Crippen LogP contribution >= 0.6 is 11.3 Å². The Morgan fingerprint density at radius 1 is 0.552 bits per heavy atom. The van der Waals surface area contributed by atoms with Crippen molar-refractivity contribution in [3.8, 4) is 22.6 Å². The molecule has 0 atom stereocenters. The van der Waals surface area contributed by atoms with Gasteiger partial charge in [-0.05, 0) is 16.8 Å². The Morgan fingerprint density at radius 3 is 2.03 bits per heavy atom. The molecule has 0 radical (unpaired) electrons. The molecule has 0 bridgehead atoms. The number of thiophene rings is 1. The van der Waals surface area contributed by atoms with Gasteiger partial charge in [-0.2, -0.15) is 0 Å². The summed E-state index contributed by atoms with van der Waals surface area (Å²) in [5.41, 5.74) is 3.15. The Kier molecular flexibility index (Phi) is 3.68. The van der Waals surface area contributed by atoms with Crippen molar-refractivity contribution in [2.45, 2.75) is 0 Å². The molecule has 0 aliphatic heterocycles. The summed E-state index contributed by atoms with van der Waals surface area (Å²) in [7, 11) is 0. The molecule has 29 heavy (non-hydrogen) atoms. The van der Waals surface area contributed by atoms with Crippen LogP contribution in [-0.4, -0.2) is 9.97 Å². The highest BCUT2D eigenvalue weighted by molar-refractivity contribution is 7.25. The number of hydrogen-bond acceptors (Lipinski definition) is 3. The minimum absolute atomic E-state index is 0.771. The van der Waals surface area contributed by atoms with Gasteiger partial charge in [0.1, 0.15) is 4.83 Å². The third-order valence-electron chi connectivity index (χ3n) is 5.30. The lowest BCUT2D eigenvalue weighted by atomic mass is 10.0. The smallest absolute Gasteiger partial charge is 0.161 e. The van der Waals surface area contributed by atoms with Crippen molar-refractivity contribution in [1.29, 1.82) is 0 Å². The predicted octanol–water partition coefficient (Wildman–Crippen LogP) is 7.33. The molecule has 0 aliphatic carbocycles. The number of nitrogens with zero attached hydrogens (tertiary/aromatic N) is 2. The molecule has 6 aromatic rings. The molecule has 0 unspecified atom stereocenters. The van der Waals surface area contributed by atoms with E-state index < -0.39 is 0 Å². The van der Waals surface area contributed by atoms with Crippen molar-refractivity contribution in [2.75, 3.05) is 0 Å². The summed E-state index contributed by atoms with van der Waals surface area (Å²) in [5.74, 6) is 0.771. The Labute approximate surface area is 172 Å². The van der Waals surface area contributed by atoms with Crippen LogP contribution < -0.4 is 0 Å². The van der Waals surface area contributed by atoms with Gasteiger partial charge in [0.2, 0.25) is 0 Å². The van der Waals surface area contributed by atoms with Crippen LogP contribution in [0.4, 0.5) is 0 Å². The van der Waals surface area contributed by atoms with Gasteiger partial charge in [-0.25, -0.2) is 9.97 Å².